The summed E-state index contributed by atoms with van der Waals surface area (Å²) < 4.78 is 5.81. The Morgan fingerprint density at radius 1 is 1.03 bits per heavy atom. The Kier molecular flexibility index (Phi) is 8.20. The molecule has 0 aromatic heterocycles. The summed E-state index contributed by atoms with van der Waals surface area (Å²) in [5, 5.41) is 8.88. The zero-order valence-corrected chi connectivity index (χ0v) is 19.9. The summed E-state index contributed by atoms with van der Waals surface area (Å²) in [6, 6.07) is 9.29. The first kappa shape index (κ1) is 24.0. The molecule has 3 fully saturated rings. The predicted molar refractivity (Wildman–Crippen MR) is 128 cm³/mol. The minimum Gasteiger partial charge on any atom is -0.492 e. The van der Waals surface area contributed by atoms with Crippen molar-refractivity contribution >= 4 is 5.91 Å². The van der Waals surface area contributed by atoms with E-state index in [0.29, 0.717) is 12.2 Å². The van der Waals surface area contributed by atoms with E-state index in [-0.39, 0.29) is 11.9 Å². The van der Waals surface area contributed by atoms with Gasteiger partial charge in [-0.05, 0) is 55.6 Å². The quantitative estimate of drug-likeness (QED) is 0.587. The van der Waals surface area contributed by atoms with Gasteiger partial charge in [0.1, 0.15) is 12.4 Å². The molecule has 3 aliphatic heterocycles. The second-order valence-electron chi connectivity index (χ2n) is 9.91. The summed E-state index contributed by atoms with van der Waals surface area (Å²) in [5.41, 5.74) is 6.98. The topological polar surface area (TPSA) is 89.1 Å². The second-order valence-corrected chi connectivity index (χ2v) is 9.91. The lowest BCUT2D eigenvalue weighted by Crippen LogP contribution is -2.48. The lowest BCUT2D eigenvalue weighted by molar-refractivity contribution is -0.130. The minimum absolute atomic E-state index is 0.0148. The number of amides is 1. The first-order chi connectivity index (χ1) is 16.0. The molecule has 2 unspecified atom stereocenters. The van der Waals surface area contributed by atoms with Crippen molar-refractivity contribution < 1.29 is 9.53 Å². The van der Waals surface area contributed by atoms with Crippen molar-refractivity contribution in [3.8, 4) is 11.8 Å². The van der Waals surface area contributed by atoms with Crippen molar-refractivity contribution in [3.63, 3.8) is 0 Å². The fourth-order valence-electron chi connectivity index (χ4n) is 5.54. The molecule has 3 heterocycles. The van der Waals surface area contributed by atoms with Gasteiger partial charge < -0.3 is 25.2 Å². The highest BCUT2D eigenvalue weighted by atomic mass is 16.5. The third-order valence-corrected chi connectivity index (χ3v) is 7.34. The van der Waals surface area contributed by atoms with Crippen LogP contribution >= 0.6 is 0 Å². The number of nitrogens with zero attached hydrogens (tertiary/aromatic N) is 5. The second kappa shape index (κ2) is 11.3. The number of carbonyl (C=O) groups is 1. The molecule has 3 saturated heterocycles. The van der Waals surface area contributed by atoms with Crippen LogP contribution in [0.25, 0.3) is 0 Å². The molecule has 33 heavy (non-hydrogen) atoms. The number of likely N-dealkylation sites (tertiary alicyclic amines) is 2. The van der Waals surface area contributed by atoms with Gasteiger partial charge in [-0.1, -0.05) is 0 Å². The van der Waals surface area contributed by atoms with Crippen LogP contribution in [0.15, 0.2) is 24.3 Å². The van der Waals surface area contributed by atoms with Gasteiger partial charge in [0.25, 0.3) is 0 Å². The Balaban J connectivity index is 1.09. The standard InChI is InChI=1S/C25H38N6O2/c1-20(32)31-11-9-28(10-12-31)7-2-8-29-14-22-16-30(17-23(22)15-29)18-24(27)19-33-25-5-3-21(13-26)4-6-25/h3-6,22-24H,2,7-12,14-19,27H2,1H3/t22?,23?,24-/m0/s1. The van der Waals surface area contributed by atoms with Gasteiger partial charge in [-0.25, -0.2) is 0 Å². The number of fused-ring (bicyclic) bond motifs is 1. The minimum atomic E-state index is -0.0148. The van der Waals surface area contributed by atoms with Gasteiger partial charge in [-0.15, -0.1) is 0 Å². The van der Waals surface area contributed by atoms with Crippen LogP contribution in [0, 0.1) is 23.2 Å². The molecule has 0 radical (unpaired) electrons. The van der Waals surface area contributed by atoms with Gasteiger partial charge in [-0.3, -0.25) is 9.69 Å². The summed E-state index contributed by atoms with van der Waals surface area (Å²) in [5.74, 6) is 2.48. The number of nitrogens with two attached hydrogens (primary N) is 1. The number of hydrogen-bond acceptors (Lipinski definition) is 7. The molecule has 8 nitrogen and oxygen atoms in total. The predicted octanol–water partition coefficient (Wildman–Crippen LogP) is 0.682. The van der Waals surface area contributed by atoms with Gasteiger partial charge in [0.2, 0.25) is 5.91 Å². The lowest BCUT2D eigenvalue weighted by atomic mass is 10.0. The van der Waals surface area contributed by atoms with E-state index in [2.05, 4.69) is 20.8 Å². The van der Waals surface area contributed by atoms with E-state index in [1.54, 1.807) is 19.1 Å². The zero-order chi connectivity index (χ0) is 23.2. The molecule has 8 heteroatoms. The van der Waals surface area contributed by atoms with Crippen molar-refractivity contribution in [2.24, 2.45) is 17.6 Å². The Labute approximate surface area is 197 Å². The zero-order valence-electron chi connectivity index (χ0n) is 19.9. The Morgan fingerprint density at radius 3 is 2.24 bits per heavy atom. The van der Waals surface area contributed by atoms with Gasteiger partial charge in [0, 0.05) is 65.8 Å². The highest BCUT2D eigenvalue weighted by Gasteiger charge is 2.39. The summed E-state index contributed by atoms with van der Waals surface area (Å²) in [6.07, 6.45) is 1.21. The normalized spacial score (nSPS) is 25.1. The molecule has 1 amide bonds. The number of piperazine rings is 1. The first-order valence-corrected chi connectivity index (χ1v) is 12.3. The maximum atomic E-state index is 11.5. The van der Waals surface area contributed by atoms with E-state index in [4.69, 9.17) is 15.7 Å². The molecule has 0 bridgehead atoms. The van der Waals surface area contributed by atoms with Crippen LogP contribution in [-0.2, 0) is 4.79 Å². The van der Waals surface area contributed by atoms with Crippen molar-refractivity contribution in [2.45, 2.75) is 19.4 Å². The highest BCUT2D eigenvalue weighted by Crippen LogP contribution is 2.31. The largest absolute Gasteiger partial charge is 0.492 e. The molecule has 4 rings (SSSR count). The smallest absolute Gasteiger partial charge is 0.219 e. The molecule has 1 aromatic rings. The molecular weight excluding hydrogens is 416 g/mol. The van der Waals surface area contributed by atoms with Crippen LogP contribution in [0.2, 0.25) is 0 Å². The van der Waals surface area contributed by atoms with Gasteiger partial charge in [-0.2, -0.15) is 5.26 Å². The first-order valence-electron chi connectivity index (χ1n) is 12.3. The molecular formula is C25H38N6O2. The summed E-state index contributed by atoms with van der Waals surface area (Å²) in [7, 11) is 0. The van der Waals surface area contributed by atoms with E-state index in [9.17, 15) is 4.79 Å². The molecule has 1 aromatic carbocycles. The molecule has 3 atom stereocenters. The van der Waals surface area contributed by atoms with Gasteiger partial charge in [0.15, 0.2) is 0 Å². The maximum Gasteiger partial charge on any atom is 0.219 e. The van der Waals surface area contributed by atoms with Crippen LogP contribution in [0.1, 0.15) is 18.9 Å². The van der Waals surface area contributed by atoms with E-state index in [0.717, 1.165) is 69.9 Å². The van der Waals surface area contributed by atoms with E-state index in [1.807, 2.05) is 17.0 Å². The average molecular weight is 455 g/mol. The molecule has 0 aliphatic carbocycles. The number of carbonyl (C=O) groups excluding carboxylic acids is 1. The maximum absolute atomic E-state index is 11.5. The van der Waals surface area contributed by atoms with Crippen LogP contribution in [0.3, 0.4) is 0 Å². The van der Waals surface area contributed by atoms with E-state index in [1.165, 1.54) is 26.1 Å². The van der Waals surface area contributed by atoms with Crippen LogP contribution in [0.5, 0.6) is 5.75 Å². The number of ether oxygens (including phenoxy) is 1. The molecule has 3 aliphatic rings. The average Bonchev–Trinajstić information content (AvgIpc) is 3.36. The molecule has 180 valence electrons. The van der Waals surface area contributed by atoms with Crippen LogP contribution in [0.4, 0.5) is 0 Å². The Bertz CT molecular complexity index is 803. The summed E-state index contributed by atoms with van der Waals surface area (Å²) >= 11 is 0. The fraction of sp³-hybridized carbons (Fsp3) is 0.680. The van der Waals surface area contributed by atoms with E-state index >= 15 is 0 Å². The third kappa shape index (κ3) is 6.67. The van der Waals surface area contributed by atoms with Crippen molar-refractivity contribution in [1.82, 2.24) is 19.6 Å². The van der Waals surface area contributed by atoms with Crippen molar-refractivity contribution in [3.05, 3.63) is 29.8 Å². The lowest BCUT2D eigenvalue weighted by Gasteiger charge is -2.34. The molecule has 0 spiro atoms. The third-order valence-electron chi connectivity index (χ3n) is 7.34. The summed E-state index contributed by atoms with van der Waals surface area (Å²) in [6.45, 7) is 13.8. The van der Waals surface area contributed by atoms with Crippen LogP contribution in [-0.4, -0.2) is 110 Å². The number of rotatable bonds is 9. The van der Waals surface area contributed by atoms with Gasteiger partial charge >= 0.3 is 0 Å². The number of benzene rings is 1. The van der Waals surface area contributed by atoms with Crippen molar-refractivity contribution in [1.29, 1.82) is 5.26 Å². The molecule has 2 N–H and O–H groups in total. The monoisotopic (exact) mass is 454 g/mol. The van der Waals surface area contributed by atoms with E-state index < -0.39 is 0 Å². The Hall–Kier alpha value is -2.18. The van der Waals surface area contributed by atoms with Gasteiger partial charge in [0.05, 0.1) is 17.7 Å². The fourth-order valence-corrected chi connectivity index (χ4v) is 5.54. The highest BCUT2D eigenvalue weighted by molar-refractivity contribution is 5.73. The summed E-state index contributed by atoms with van der Waals surface area (Å²) in [4.78, 5) is 21.1. The Morgan fingerprint density at radius 2 is 1.64 bits per heavy atom. The van der Waals surface area contributed by atoms with Crippen LogP contribution < -0.4 is 10.5 Å². The van der Waals surface area contributed by atoms with Crippen molar-refractivity contribution in [2.75, 3.05) is 78.6 Å². The molecule has 0 saturated carbocycles. The number of nitriles is 1. The number of hydrogen-bond donors (Lipinski definition) is 1. The SMILES string of the molecule is CC(=O)N1CCN(CCCN2CC3CN(C[C@H](N)COc4ccc(C#N)cc4)CC3C2)CC1.